The molecule has 21 heavy (non-hydrogen) atoms. The lowest BCUT2D eigenvalue weighted by Gasteiger charge is -2.18. The fraction of sp³-hybridized carbons (Fsp3) is 0.600. The minimum Gasteiger partial charge on any atom is -0.250 e. The summed E-state index contributed by atoms with van der Waals surface area (Å²) in [5.74, 6) is -1.50. The third kappa shape index (κ3) is 4.63. The largest absolute Gasteiger partial charge is 0.453 e. The van der Waals surface area contributed by atoms with Gasteiger partial charge in [0.25, 0.3) is 5.82 Å². The molecule has 0 bridgehead atoms. The van der Waals surface area contributed by atoms with Crippen LogP contribution in [0.3, 0.4) is 0 Å². The zero-order valence-corrected chi connectivity index (χ0v) is 10.2. The van der Waals surface area contributed by atoms with Gasteiger partial charge in [-0.3, -0.25) is 0 Å². The highest BCUT2D eigenvalue weighted by Crippen LogP contribution is 2.32. The molecule has 0 aromatic carbocycles. The summed E-state index contributed by atoms with van der Waals surface area (Å²) in [5, 5.41) is 20.8. The van der Waals surface area contributed by atoms with E-state index in [1.165, 1.54) is 12.1 Å². The lowest BCUT2D eigenvalue weighted by atomic mass is 9.86. The Hall–Kier alpha value is -2.30. The van der Waals surface area contributed by atoms with Gasteiger partial charge in [-0.25, -0.2) is 9.67 Å². The number of halogens is 6. The van der Waals surface area contributed by atoms with Crippen LogP contribution in [-0.4, -0.2) is 20.9 Å². The van der Waals surface area contributed by atoms with Gasteiger partial charge in [-0.2, -0.15) is 36.9 Å². The number of nitriles is 2. The molecule has 1 aromatic rings. The molecule has 1 aromatic heterocycles. The molecule has 5 nitrogen and oxygen atoms in total. The molecule has 0 aliphatic rings. The van der Waals surface area contributed by atoms with E-state index >= 15 is 0 Å². The molecule has 0 fully saturated rings. The number of hydrogen-bond donors (Lipinski definition) is 0. The van der Waals surface area contributed by atoms with Crippen molar-refractivity contribution in [2.24, 2.45) is 5.41 Å². The van der Waals surface area contributed by atoms with Crippen molar-refractivity contribution in [3.05, 3.63) is 12.2 Å². The highest BCUT2D eigenvalue weighted by atomic mass is 19.4. The van der Waals surface area contributed by atoms with Crippen LogP contribution in [0.4, 0.5) is 26.3 Å². The normalized spacial score (nSPS) is 12.8. The Morgan fingerprint density at radius 1 is 1.05 bits per heavy atom. The summed E-state index contributed by atoms with van der Waals surface area (Å²) in [7, 11) is 0. The van der Waals surface area contributed by atoms with Gasteiger partial charge in [-0.05, 0) is 6.42 Å². The van der Waals surface area contributed by atoms with Crippen LogP contribution in [0.5, 0.6) is 0 Å². The molecular formula is C10H7F6N5. The van der Waals surface area contributed by atoms with Crippen molar-refractivity contribution in [2.45, 2.75) is 31.7 Å². The standard InChI is InChI=1S/C10H7F6N5/c11-9(12,13)2-1-8(3-17,4-18)5-21-6-19-7(20-21)10(14,15)16/h6H,1-2,5H2. The molecule has 0 N–H and O–H groups in total. The van der Waals surface area contributed by atoms with Crippen LogP contribution in [-0.2, 0) is 12.7 Å². The molecule has 0 saturated carbocycles. The van der Waals surface area contributed by atoms with Gasteiger partial charge in [-0.15, -0.1) is 5.10 Å². The SMILES string of the molecule is N#CC(C#N)(CCC(F)(F)F)Cn1cnc(C(F)(F)F)n1. The van der Waals surface area contributed by atoms with E-state index in [0.29, 0.717) is 11.0 Å². The second kappa shape index (κ2) is 5.60. The monoisotopic (exact) mass is 311 g/mol. The zero-order chi connectivity index (χ0) is 16.3. The maximum atomic E-state index is 12.3. The van der Waals surface area contributed by atoms with E-state index in [4.69, 9.17) is 10.5 Å². The van der Waals surface area contributed by atoms with E-state index in [-0.39, 0.29) is 0 Å². The van der Waals surface area contributed by atoms with E-state index in [2.05, 4.69) is 10.1 Å². The maximum absolute atomic E-state index is 12.3. The highest BCUT2D eigenvalue weighted by molar-refractivity contribution is 5.13. The van der Waals surface area contributed by atoms with Gasteiger partial charge in [0.15, 0.2) is 5.41 Å². The van der Waals surface area contributed by atoms with Crippen molar-refractivity contribution < 1.29 is 26.3 Å². The van der Waals surface area contributed by atoms with Crippen molar-refractivity contribution >= 4 is 0 Å². The van der Waals surface area contributed by atoms with E-state index in [0.717, 1.165) is 0 Å². The second-order valence-electron chi connectivity index (χ2n) is 4.18. The first-order chi connectivity index (χ1) is 9.51. The molecule has 0 radical (unpaired) electrons. The van der Waals surface area contributed by atoms with Crippen LogP contribution in [0.1, 0.15) is 18.7 Å². The summed E-state index contributed by atoms with van der Waals surface area (Å²) in [5.41, 5.74) is -2.13. The predicted octanol–water partition coefficient (Wildman–Crippen LogP) is 2.67. The second-order valence-corrected chi connectivity index (χ2v) is 4.18. The highest BCUT2D eigenvalue weighted by Gasteiger charge is 2.39. The quantitative estimate of drug-likeness (QED) is 0.801. The zero-order valence-electron chi connectivity index (χ0n) is 10.2. The van der Waals surface area contributed by atoms with Crippen LogP contribution >= 0.6 is 0 Å². The fourth-order valence-corrected chi connectivity index (χ4v) is 1.42. The summed E-state index contributed by atoms with van der Waals surface area (Å²) in [6, 6.07) is 2.81. The molecule has 0 aliphatic heterocycles. The first-order valence-corrected chi connectivity index (χ1v) is 5.37. The molecule has 0 spiro atoms. The Balaban J connectivity index is 2.92. The summed E-state index contributed by atoms with van der Waals surface area (Å²) in [6.45, 7) is -0.737. The van der Waals surface area contributed by atoms with Crippen LogP contribution in [0.15, 0.2) is 6.33 Å². The van der Waals surface area contributed by atoms with Crippen molar-refractivity contribution in [1.82, 2.24) is 14.8 Å². The van der Waals surface area contributed by atoms with E-state index in [9.17, 15) is 26.3 Å². The molecule has 1 heterocycles. The topological polar surface area (TPSA) is 78.3 Å². The molecule has 0 amide bonds. The van der Waals surface area contributed by atoms with Crippen molar-refractivity contribution in [3.63, 3.8) is 0 Å². The molecule has 11 heteroatoms. The first kappa shape index (κ1) is 16.8. The van der Waals surface area contributed by atoms with Gasteiger partial charge < -0.3 is 0 Å². The van der Waals surface area contributed by atoms with Crippen LogP contribution in [0.25, 0.3) is 0 Å². The van der Waals surface area contributed by atoms with Gasteiger partial charge >= 0.3 is 12.4 Å². The number of hydrogen-bond acceptors (Lipinski definition) is 4. The Labute approximate surface area is 114 Å². The van der Waals surface area contributed by atoms with Gasteiger partial charge in [0, 0.05) is 6.42 Å². The Bertz CT molecular complexity index is 558. The summed E-state index contributed by atoms with van der Waals surface area (Å²) in [4.78, 5) is 2.93. The predicted molar refractivity (Wildman–Crippen MR) is 54.0 cm³/mol. The lowest BCUT2D eigenvalue weighted by molar-refractivity contribution is -0.145. The number of nitrogens with zero attached hydrogens (tertiary/aromatic N) is 5. The van der Waals surface area contributed by atoms with Crippen LogP contribution < -0.4 is 0 Å². The van der Waals surface area contributed by atoms with Gasteiger partial charge in [0.1, 0.15) is 6.33 Å². The van der Waals surface area contributed by atoms with E-state index < -0.39 is 43.0 Å². The minimum atomic E-state index is -4.82. The number of rotatable bonds is 4. The molecule has 0 saturated heterocycles. The van der Waals surface area contributed by atoms with Gasteiger partial charge in [-0.1, -0.05) is 0 Å². The van der Waals surface area contributed by atoms with Gasteiger partial charge in [0.05, 0.1) is 18.7 Å². The molecule has 1 rings (SSSR count). The first-order valence-electron chi connectivity index (χ1n) is 5.37. The summed E-state index contributed by atoms with van der Waals surface area (Å²) < 4.78 is 73.9. The van der Waals surface area contributed by atoms with Crippen molar-refractivity contribution in [1.29, 1.82) is 10.5 Å². The minimum absolute atomic E-state index is 0.533. The van der Waals surface area contributed by atoms with Crippen LogP contribution in [0.2, 0.25) is 0 Å². The molecule has 0 aliphatic carbocycles. The molecule has 114 valence electrons. The average molecular weight is 311 g/mol. The third-order valence-electron chi connectivity index (χ3n) is 2.49. The molecule has 0 unspecified atom stereocenters. The Kier molecular flexibility index (Phi) is 4.46. The smallest absolute Gasteiger partial charge is 0.250 e. The molecular weight excluding hydrogens is 304 g/mol. The fourth-order valence-electron chi connectivity index (χ4n) is 1.42. The molecule has 0 atom stereocenters. The van der Waals surface area contributed by atoms with E-state index in [1.807, 2.05) is 0 Å². The average Bonchev–Trinajstić information content (AvgIpc) is 2.82. The summed E-state index contributed by atoms with van der Waals surface area (Å²) >= 11 is 0. The maximum Gasteiger partial charge on any atom is 0.453 e. The van der Waals surface area contributed by atoms with Gasteiger partial charge in [0.2, 0.25) is 0 Å². The third-order valence-corrected chi connectivity index (χ3v) is 2.49. The number of alkyl halides is 6. The van der Waals surface area contributed by atoms with Crippen molar-refractivity contribution in [2.75, 3.05) is 0 Å². The number of aromatic nitrogens is 3. The Morgan fingerprint density at radius 3 is 2.00 bits per heavy atom. The van der Waals surface area contributed by atoms with E-state index in [1.54, 1.807) is 0 Å². The van der Waals surface area contributed by atoms with Crippen LogP contribution in [0, 0.1) is 28.1 Å². The Morgan fingerprint density at radius 2 is 1.62 bits per heavy atom. The summed E-state index contributed by atoms with van der Waals surface area (Å²) in [6.07, 6.45) is -11.1. The lowest BCUT2D eigenvalue weighted by Crippen LogP contribution is -2.26. The van der Waals surface area contributed by atoms with Crippen molar-refractivity contribution in [3.8, 4) is 12.1 Å².